The maximum Gasteiger partial charge on any atom is 0.411 e. The number of fused-ring (bicyclic) bond motifs is 1. The average molecular weight is 387 g/mol. The van der Waals surface area contributed by atoms with Gasteiger partial charge in [0.15, 0.2) is 0 Å². The molecule has 1 saturated heterocycles. The van der Waals surface area contributed by atoms with Gasteiger partial charge in [0.2, 0.25) is 5.91 Å². The lowest BCUT2D eigenvalue weighted by Crippen LogP contribution is -2.53. The first-order valence-electron chi connectivity index (χ1n) is 10.0. The van der Waals surface area contributed by atoms with E-state index in [1.165, 1.54) is 0 Å². The van der Waals surface area contributed by atoms with E-state index in [2.05, 4.69) is 17.6 Å². The van der Waals surface area contributed by atoms with Crippen LogP contribution in [0.4, 0.5) is 10.5 Å². The second kappa shape index (κ2) is 8.20. The molecular weight excluding hydrogens is 358 g/mol. The monoisotopic (exact) mass is 387 g/mol. The van der Waals surface area contributed by atoms with Crippen molar-refractivity contribution in [1.29, 1.82) is 0 Å². The van der Waals surface area contributed by atoms with Gasteiger partial charge in [-0.2, -0.15) is 0 Å². The van der Waals surface area contributed by atoms with Gasteiger partial charge < -0.3 is 15.0 Å². The van der Waals surface area contributed by atoms with Crippen LogP contribution in [0.15, 0.2) is 18.2 Å². The molecule has 1 aromatic carbocycles. The second-order valence-electron chi connectivity index (χ2n) is 7.86. The topological polar surface area (TPSA) is 87.7 Å². The molecule has 0 saturated carbocycles. The summed E-state index contributed by atoms with van der Waals surface area (Å²) in [6.07, 6.45) is 3.02. The van der Waals surface area contributed by atoms with Gasteiger partial charge >= 0.3 is 6.09 Å². The minimum atomic E-state index is -0.485. The molecule has 7 heteroatoms. The van der Waals surface area contributed by atoms with Crippen molar-refractivity contribution in [2.24, 2.45) is 5.92 Å². The minimum absolute atomic E-state index is 0.0454. The van der Waals surface area contributed by atoms with Crippen molar-refractivity contribution in [2.75, 3.05) is 18.4 Å². The van der Waals surface area contributed by atoms with Crippen LogP contribution in [0.3, 0.4) is 0 Å². The predicted octanol–water partition coefficient (Wildman–Crippen LogP) is 3.30. The van der Waals surface area contributed by atoms with Crippen LogP contribution in [0.2, 0.25) is 0 Å². The van der Waals surface area contributed by atoms with Crippen molar-refractivity contribution < 1.29 is 19.1 Å². The molecular formula is C21H29N3O4. The Morgan fingerprint density at radius 1 is 1.32 bits per heavy atom. The smallest absolute Gasteiger partial charge is 0.411 e. The van der Waals surface area contributed by atoms with Gasteiger partial charge in [-0.1, -0.05) is 13.8 Å². The van der Waals surface area contributed by atoms with Gasteiger partial charge in [0.05, 0.1) is 11.2 Å². The molecule has 1 fully saturated rings. The molecule has 152 valence electrons. The van der Waals surface area contributed by atoms with E-state index >= 15 is 0 Å². The van der Waals surface area contributed by atoms with E-state index < -0.39 is 6.09 Å². The zero-order valence-electron chi connectivity index (χ0n) is 16.8. The summed E-state index contributed by atoms with van der Waals surface area (Å²) in [7, 11) is 0. The van der Waals surface area contributed by atoms with Crippen LogP contribution in [0.5, 0.6) is 0 Å². The summed E-state index contributed by atoms with van der Waals surface area (Å²) >= 11 is 0. The Bertz CT molecular complexity index is 775. The Labute approximate surface area is 165 Å². The van der Waals surface area contributed by atoms with Crippen molar-refractivity contribution in [3.63, 3.8) is 0 Å². The van der Waals surface area contributed by atoms with Crippen molar-refractivity contribution in [3.8, 4) is 0 Å². The lowest BCUT2D eigenvalue weighted by atomic mass is 9.95. The van der Waals surface area contributed by atoms with Crippen molar-refractivity contribution >= 4 is 23.6 Å². The molecule has 28 heavy (non-hydrogen) atoms. The molecule has 3 rings (SSSR count). The molecule has 2 aliphatic rings. The highest BCUT2D eigenvalue weighted by atomic mass is 16.5. The number of rotatable bonds is 6. The molecule has 1 unspecified atom stereocenters. The Morgan fingerprint density at radius 3 is 2.79 bits per heavy atom. The lowest BCUT2D eigenvalue weighted by Gasteiger charge is -2.37. The highest BCUT2D eigenvalue weighted by Gasteiger charge is 2.41. The summed E-state index contributed by atoms with van der Waals surface area (Å²) in [5.41, 5.74) is 1.58. The summed E-state index contributed by atoms with van der Waals surface area (Å²) in [5, 5.41) is 5.61. The summed E-state index contributed by atoms with van der Waals surface area (Å²) in [5.74, 6) is 0.0488. The number of amides is 3. The molecule has 2 N–H and O–H groups in total. The number of ether oxygens (including phenoxy) is 1. The van der Waals surface area contributed by atoms with E-state index in [1.807, 2.05) is 18.7 Å². The zero-order valence-corrected chi connectivity index (χ0v) is 16.8. The molecule has 2 aliphatic heterocycles. The first kappa shape index (κ1) is 20.2. The number of carbonyl (C=O) groups excluding carboxylic acids is 3. The Morgan fingerprint density at radius 2 is 2.07 bits per heavy atom. The first-order valence-corrected chi connectivity index (χ1v) is 10.0. The summed E-state index contributed by atoms with van der Waals surface area (Å²) < 4.78 is 4.95. The molecule has 0 aromatic heterocycles. The zero-order chi connectivity index (χ0) is 20.3. The number of hydrogen-bond donors (Lipinski definition) is 2. The maximum absolute atomic E-state index is 12.9. The van der Waals surface area contributed by atoms with E-state index in [9.17, 15) is 14.4 Å². The van der Waals surface area contributed by atoms with Crippen LogP contribution >= 0.6 is 0 Å². The average Bonchev–Trinajstić information content (AvgIpc) is 3.08. The van der Waals surface area contributed by atoms with Gasteiger partial charge in [-0.3, -0.25) is 14.9 Å². The SMILES string of the molecule is CCC(CC)C(=O)N1CCCC1(C)CNC(=O)c1ccc2c(c1)COC(=O)N2. The lowest BCUT2D eigenvalue weighted by molar-refractivity contribution is -0.139. The first-order chi connectivity index (χ1) is 13.4. The molecule has 0 bridgehead atoms. The number of benzene rings is 1. The van der Waals surface area contributed by atoms with Gasteiger partial charge in [0.1, 0.15) is 6.61 Å². The highest BCUT2D eigenvalue weighted by molar-refractivity contribution is 5.96. The molecule has 7 nitrogen and oxygen atoms in total. The van der Waals surface area contributed by atoms with Gasteiger partial charge in [-0.15, -0.1) is 0 Å². The molecule has 2 heterocycles. The standard InChI is InChI=1S/C21H29N3O4/c1-4-14(5-2)19(26)24-10-6-9-21(24,3)13-22-18(25)15-7-8-17-16(11-15)12-28-20(27)23-17/h7-8,11,14H,4-6,9-10,12-13H2,1-3H3,(H,22,25)(H,23,27). The van der Waals surface area contributed by atoms with Gasteiger partial charge in [-0.25, -0.2) is 4.79 Å². The predicted molar refractivity (Wildman–Crippen MR) is 106 cm³/mol. The molecule has 0 aliphatic carbocycles. The normalized spacial score (nSPS) is 21.1. The van der Waals surface area contributed by atoms with E-state index in [0.717, 1.165) is 37.8 Å². The minimum Gasteiger partial charge on any atom is -0.444 e. The third-order valence-corrected chi connectivity index (χ3v) is 5.94. The number of hydrogen-bond acceptors (Lipinski definition) is 4. The van der Waals surface area contributed by atoms with E-state index in [4.69, 9.17) is 4.74 Å². The summed E-state index contributed by atoms with van der Waals surface area (Å²) in [6.45, 7) is 7.46. The van der Waals surface area contributed by atoms with Gasteiger partial charge in [0, 0.05) is 30.1 Å². The Balaban J connectivity index is 1.66. The number of anilines is 1. The van der Waals surface area contributed by atoms with Gasteiger partial charge in [0.25, 0.3) is 5.91 Å². The summed E-state index contributed by atoms with van der Waals surface area (Å²) in [6, 6.07) is 5.13. The third-order valence-electron chi connectivity index (χ3n) is 5.94. The van der Waals surface area contributed by atoms with E-state index in [-0.39, 0.29) is 29.9 Å². The third kappa shape index (κ3) is 3.98. The molecule has 1 atom stereocenters. The van der Waals surface area contributed by atoms with Crippen molar-refractivity contribution in [1.82, 2.24) is 10.2 Å². The van der Waals surface area contributed by atoms with Crippen LogP contribution in [0, 0.1) is 5.92 Å². The molecule has 3 amide bonds. The van der Waals surface area contributed by atoms with Crippen LogP contribution in [-0.2, 0) is 16.1 Å². The van der Waals surface area contributed by atoms with Crippen LogP contribution in [0.25, 0.3) is 0 Å². The van der Waals surface area contributed by atoms with E-state index in [1.54, 1.807) is 18.2 Å². The Hall–Kier alpha value is -2.57. The molecule has 0 spiro atoms. The van der Waals surface area contributed by atoms with Crippen molar-refractivity contribution in [3.05, 3.63) is 29.3 Å². The van der Waals surface area contributed by atoms with Crippen LogP contribution in [-0.4, -0.2) is 41.4 Å². The fourth-order valence-electron chi connectivity index (χ4n) is 4.08. The number of nitrogens with zero attached hydrogens (tertiary/aromatic N) is 1. The largest absolute Gasteiger partial charge is 0.444 e. The van der Waals surface area contributed by atoms with Crippen LogP contribution in [0.1, 0.15) is 62.4 Å². The number of nitrogens with one attached hydrogen (secondary N) is 2. The number of carbonyl (C=O) groups is 3. The molecule has 1 aromatic rings. The van der Waals surface area contributed by atoms with Crippen molar-refractivity contribution in [2.45, 2.75) is 58.6 Å². The molecule has 0 radical (unpaired) electrons. The second-order valence-corrected chi connectivity index (χ2v) is 7.86. The summed E-state index contributed by atoms with van der Waals surface area (Å²) in [4.78, 5) is 38.8. The maximum atomic E-state index is 12.9. The fraction of sp³-hybridized carbons (Fsp3) is 0.571. The van der Waals surface area contributed by atoms with Gasteiger partial charge in [-0.05, 0) is 50.8 Å². The quantitative estimate of drug-likeness (QED) is 0.784. The van der Waals surface area contributed by atoms with E-state index in [0.29, 0.717) is 17.8 Å². The van der Waals surface area contributed by atoms with Crippen LogP contribution < -0.4 is 10.6 Å². The fourth-order valence-corrected chi connectivity index (χ4v) is 4.08. The highest BCUT2D eigenvalue weighted by Crippen LogP contribution is 2.31. The number of cyclic esters (lactones) is 1. The Kier molecular flexibility index (Phi) is 5.91. The number of likely N-dealkylation sites (tertiary alicyclic amines) is 1.